The summed E-state index contributed by atoms with van der Waals surface area (Å²) in [6.07, 6.45) is 0. The first kappa shape index (κ1) is 10.6. The molecule has 0 radical (unpaired) electrons. The van der Waals surface area contributed by atoms with E-state index in [1.807, 2.05) is 12.1 Å². The van der Waals surface area contributed by atoms with Gasteiger partial charge in [0.15, 0.2) is 0 Å². The minimum Gasteiger partial charge on any atom is -0.225 e. The lowest BCUT2D eigenvalue weighted by molar-refractivity contribution is -0.363. The lowest BCUT2D eigenvalue weighted by Crippen LogP contribution is -2.77. The van der Waals surface area contributed by atoms with Crippen LogP contribution in [-0.4, -0.2) is 5.91 Å². The van der Waals surface area contributed by atoms with E-state index >= 15 is 0 Å². The Kier molecular flexibility index (Phi) is 2.50. The van der Waals surface area contributed by atoms with Crippen molar-refractivity contribution in [1.29, 1.82) is 0 Å². The van der Waals surface area contributed by atoms with Gasteiger partial charge in [-0.15, -0.1) is 0 Å². The number of quaternary nitrogens is 1. The molecule has 0 saturated heterocycles. The van der Waals surface area contributed by atoms with Gasteiger partial charge in [0.2, 0.25) is 0 Å². The van der Waals surface area contributed by atoms with E-state index in [9.17, 15) is 4.79 Å². The Bertz CT molecular complexity index is 590. The smallest absolute Gasteiger partial charge is 0.225 e. The van der Waals surface area contributed by atoms with Gasteiger partial charge in [0.1, 0.15) is 11.9 Å². The number of benzene rings is 2. The van der Waals surface area contributed by atoms with Crippen LogP contribution in [-0.2, 0) is 0 Å². The molecule has 0 atom stereocenters. The average Bonchev–Trinajstić information content (AvgIpc) is 2.73. The molecule has 17 heavy (non-hydrogen) atoms. The monoisotopic (exact) mass is 242 g/mol. The summed E-state index contributed by atoms with van der Waals surface area (Å²) in [6, 6.07) is 14.3. The SMILES string of the molecule is Cc1ccc(-c2cccc3c2S[NH2+]C3=O)cc1. The highest BCUT2D eigenvalue weighted by Gasteiger charge is 2.28. The van der Waals surface area contributed by atoms with Crippen LogP contribution in [0.3, 0.4) is 0 Å². The van der Waals surface area contributed by atoms with E-state index in [0.717, 1.165) is 16.0 Å². The van der Waals surface area contributed by atoms with E-state index in [0.29, 0.717) is 0 Å². The van der Waals surface area contributed by atoms with Gasteiger partial charge in [-0.1, -0.05) is 42.0 Å². The normalized spacial score (nSPS) is 13.8. The van der Waals surface area contributed by atoms with Gasteiger partial charge in [0, 0.05) is 5.56 Å². The molecule has 0 fully saturated rings. The lowest BCUT2D eigenvalue weighted by Gasteiger charge is -2.04. The largest absolute Gasteiger partial charge is 0.355 e. The standard InChI is InChI=1S/C14H11NOS/c1-9-5-7-10(8-6-9)11-3-2-4-12-13(11)17-15-14(12)16/h2-8H,1H3,(H,15,16)/p+1. The number of fused-ring (bicyclic) bond motifs is 1. The molecule has 1 aliphatic rings. The molecule has 3 heteroatoms. The maximum atomic E-state index is 11.6. The van der Waals surface area contributed by atoms with Gasteiger partial charge in [-0.25, -0.2) is 9.52 Å². The number of carbonyl (C=O) groups excluding carboxylic acids is 1. The zero-order valence-electron chi connectivity index (χ0n) is 9.44. The third-order valence-corrected chi connectivity index (χ3v) is 3.93. The molecule has 0 aromatic heterocycles. The van der Waals surface area contributed by atoms with Crippen molar-refractivity contribution in [3.8, 4) is 11.1 Å². The second-order valence-electron chi connectivity index (χ2n) is 4.15. The molecule has 0 unspecified atom stereocenters. The molecule has 0 spiro atoms. The summed E-state index contributed by atoms with van der Waals surface area (Å²) in [4.78, 5) is 12.7. The summed E-state index contributed by atoms with van der Waals surface area (Å²) in [5, 5.41) is 0. The van der Waals surface area contributed by atoms with E-state index in [-0.39, 0.29) is 5.91 Å². The molecular weight excluding hydrogens is 230 g/mol. The Hall–Kier alpha value is -1.58. The van der Waals surface area contributed by atoms with Crippen molar-refractivity contribution in [3.63, 3.8) is 0 Å². The molecule has 2 aromatic carbocycles. The van der Waals surface area contributed by atoms with Crippen molar-refractivity contribution >= 4 is 17.9 Å². The van der Waals surface area contributed by atoms with E-state index in [2.05, 4.69) is 37.3 Å². The van der Waals surface area contributed by atoms with E-state index < -0.39 is 0 Å². The third kappa shape index (κ3) is 1.77. The van der Waals surface area contributed by atoms with Crippen molar-refractivity contribution in [2.45, 2.75) is 11.8 Å². The molecule has 84 valence electrons. The predicted octanol–water partition coefficient (Wildman–Crippen LogP) is 2.39. The lowest BCUT2D eigenvalue weighted by atomic mass is 10.0. The first-order valence-electron chi connectivity index (χ1n) is 5.50. The van der Waals surface area contributed by atoms with Crippen LogP contribution in [0.5, 0.6) is 0 Å². The van der Waals surface area contributed by atoms with Crippen LogP contribution >= 0.6 is 11.9 Å². The molecule has 1 heterocycles. The molecule has 0 aliphatic carbocycles. The van der Waals surface area contributed by atoms with Crippen LogP contribution in [0.25, 0.3) is 11.1 Å². The fraction of sp³-hybridized carbons (Fsp3) is 0.0714. The molecule has 3 rings (SSSR count). The molecule has 2 nitrogen and oxygen atoms in total. The first-order chi connectivity index (χ1) is 8.25. The molecule has 2 N–H and O–H groups in total. The summed E-state index contributed by atoms with van der Waals surface area (Å²) < 4.78 is 1.68. The Morgan fingerprint density at radius 1 is 1.00 bits per heavy atom. The minimum absolute atomic E-state index is 0.124. The summed E-state index contributed by atoms with van der Waals surface area (Å²) in [5.74, 6) is 0.124. The van der Waals surface area contributed by atoms with Crippen LogP contribution in [0.1, 0.15) is 15.9 Å². The summed E-state index contributed by atoms with van der Waals surface area (Å²) in [7, 11) is 0. The van der Waals surface area contributed by atoms with Crippen molar-refractivity contribution in [2.75, 3.05) is 0 Å². The Balaban J connectivity index is 2.16. The highest BCUT2D eigenvalue weighted by Crippen LogP contribution is 2.33. The van der Waals surface area contributed by atoms with E-state index in [4.69, 9.17) is 0 Å². The predicted molar refractivity (Wildman–Crippen MR) is 68.7 cm³/mol. The topological polar surface area (TPSA) is 33.7 Å². The summed E-state index contributed by atoms with van der Waals surface area (Å²) in [5.41, 5.74) is 4.39. The van der Waals surface area contributed by atoms with Crippen molar-refractivity contribution in [1.82, 2.24) is 0 Å². The molecular formula is C14H12NOS+. The second-order valence-corrected chi connectivity index (χ2v) is 5.03. The Morgan fingerprint density at radius 3 is 2.47 bits per heavy atom. The highest BCUT2D eigenvalue weighted by atomic mass is 32.2. The van der Waals surface area contributed by atoms with Gasteiger partial charge < -0.3 is 0 Å². The zero-order valence-corrected chi connectivity index (χ0v) is 10.3. The maximum absolute atomic E-state index is 11.6. The van der Waals surface area contributed by atoms with E-state index in [1.54, 1.807) is 4.72 Å². The van der Waals surface area contributed by atoms with Gasteiger partial charge in [-0.05, 0) is 18.6 Å². The third-order valence-electron chi connectivity index (χ3n) is 2.93. The van der Waals surface area contributed by atoms with Crippen molar-refractivity contribution in [2.24, 2.45) is 0 Å². The minimum atomic E-state index is 0.124. The fourth-order valence-electron chi connectivity index (χ4n) is 1.99. The molecule has 1 amide bonds. The van der Waals surface area contributed by atoms with Crippen molar-refractivity contribution in [3.05, 3.63) is 53.6 Å². The fourth-order valence-corrected chi connectivity index (χ4v) is 2.95. The molecule has 2 aromatic rings. The van der Waals surface area contributed by atoms with Gasteiger partial charge in [-0.2, -0.15) is 0 Å². The quantitative estimate of drug-likeness (QED) is 0.779. The van der Waals surface area contributed by atoms with E-state index in [1.165, 1.54) is 23.1 Å². The van der Waals surface area contributed by atoms with Crippen molar-refractivity contribution < 1.29 is 9.52 Å². The average molecular weight is 242 g/mol. The number of amides is 1. The Morgan fingerprint density at radius 2 is 1.71 bits per heavy atom. The van der Waals surface area contributed by atoms with Crippen LogP contribution < -0.4 is 4.72 Å². The van der Waals surface area contributed by atoms with Crippen LogP contribution in [0.15, 0.2) is 47.4 Å². The van der Waals surface area contributed by atoms with Gasteiger partial charge in [0.25, 0.3) is 0 Å². The second kappa shape index (κ2) is 4.02. The Labute approximate surface area is 104 Å². The van der Waals surface area contributed by atoms with Crippen LogP contribution in [0.4, 0.5) is 0 Å². The molecule has 0 saturated carbocycles. The molecule has 1 aliphatic heterocycles. The number of hydrogen-bond acceptors (Lipinski definition) is 2. The first-order valence-corrected chi connectivity index (χ1v) is 6.38. The zero-order chi connectivity index (χ0) is 11.8. The number of carbonyl (C=O) groups is 1. The maximum Gasteiger partial charge on any atom is 0.355 e. The summed E-state index contributed by atoms with van der Waals surface area (Å²) >= 11 is 1.53. The number of hydrogen-bond donors (Lipinski definition) is 1. The summed E-state index contributed by atoms with van der Waals surface area (Å²) in [6.45, 7) is 2.07. The number of nitrogens with two attached hydrogens (primary N) is 1. The molecule has 0 bridgehead atoms. The highest BCUT2D eigenvalue weighted by molar-refractivity contribution is 7.93. The van der Waals surface area contributed by atoms with Crippen LogP contribution in [0.2, 0.25) is 0 Å². The number of rotatable bonds is 1. The number of aryl methyl sites for hydroxylation is 1. The number of primary amides is 1. The van der Waals surface area contributed by atoms with Gasteiger partial charge >= 0.3 is 5.91 Å². The van der Waals surface area contributed by atoms with Gasteiger partial charge in [-0.3, -0.25) is 0 Å². The van der Waals surface area contributed by atoms with Crippen LogP contribution in [0, 0.1) is 6.92 Å². The van der Waals surface area contributed by atoms with Gasteiger partial charge in [0.05, 0.1) is 10.5 Å².